The van der Waals surface area contributed by atoms with Crippen molar-refractivity contribution in [2.45, 2.75) is 33.1 Å². The quantitative estimate of drug-likeness (QED) is 0.850. The molecule has 0 bridgehead atoms. The molecule has 0 atom stereocenters. The van der Waals surface area contributed by atoms with Gasteiger partial charge >= 0.3 is 0 Å². The van der Waals surface area contributed by atoms with Gasteiger partial charge in [-0.3, -0.25) is 9.59 Å². The Bertz CT molecular complexity index is 806. The highest BCUT2D eigenvalue weighted by atomic mass is 16.2. The second kappa shape index (κ2) is 8.71. The highest BCUT2D eigenvalue weighted by Gasteiger charge is 2.16. The largest absolute Gasteiger partial charge is 0.370 e. The molecule has 1 heterocycles. The minimum absolute atomic E-state index is 0.0554. The second-order valence-corrected chi connectivity index (χ2v) is 7.17. The molecule has 2 aromatic rings. The van der Waals surface area contributed by atoms with Crippen LogP contribution < -0.4 is 15.5 Å². The average Bonchev–Trinajstić information content (AvgIpc) is 2.66. The number of aryl methyl sites for hydroxylation is 2. The molecule has 0 saturated carbocycles. The van der Waals surface area contributed by atoms with Crippen LogP contribution in [0.4, 0.5) is 11.4 Å². The minimum atomic E-state index is -0.235. The molecule has 2 amide bonds. The van der Waals surface area contributed by atoms with Gasteiger partial charge in [-0.2, -0.15) is 0 Å². The number of para-hydroxylation sites is 2. The Morgan fingerprint density at radius 3 is 2.33 bits per heavy atom. The first kappa shape index (κ1) is 19.0. The molecule has 3 rings (SSSR count). The Balaban J connectivity index is 1.60. The maximum Gasteiger partial charge on any atom is 0.251 e. The Hall–Kier alpha value is -2.82. The third-order valence-corrected chi connectivity index (χ3v) is 4.77. The van der Waals surface area contributed by atoms with E-state index in [2.05, 4.69) is 15.5 Å². The maximum atomic E-state index is 12.4. The van der Waals surface area contributed by atoms with Gasteiger partial charge in [-0.25, -0.2) is 0 Å². The van der Waals surface area contributed by atoms with Crippen molar-refractivity contribution >= 4 is 23.2 Å². The molecular formula is C22H27N3O2. The fourth-order valence-corrected chi connectivity index (χ4v) is 3.55. The number of carbonyl (C=O) groups is 2. The molecule has 1 aliphatic rings. The number of hydrogen-bond acceptors (Lipinski definition) is 3. The van der Waals surface area contributed by atoms with Gasteiger partial charge in [0.1, 0.15) is 0 Å². The van der Waals surface area contributed by atoms with Gasteiger partial charge in [0.15, 0.2) is 0 Å². The lowest BCUT2D eigenvalue weighted by atomic mass is 10.1. The fourth-order valence-electron chi connectivity index (χ4n) is 3.55. The third kappa shape index (κ3) is 5.09. The normalized spacial score (nSPS) is 13.9. The number of nitrogens with one attached hydrogen (secondary N) is 2. The molecule has 2 aromatic carbocycles. The smallest absolute Gasteiger partial charge is 0.251 e. The van der Waals surface area contributed by atoms with E-state index >= 15 is 0 Å². The molecule has 0 aromatic heterocycles. The average molecular weight is 365 g/mol. The Labute approximate surface area is 160 Å². The Morgan fingerprint density at radius 2 is 1.63 bits per heavy atom. The minimum Gasteiger partial charge on any atom is -0.370 e. The molecule has 5 nitrogen and oxygen atoms in total. The highest BCUT2D eigenvalue weighted by Crippen LogP contribution is 2.28. The predicted molar refractivity (Wildman–Crippen MR) is 109 cm³/mol. The summed E-state index contributed by atoms with van der Waals surface area (Å²) in [7, 11) is 0. The van der Waals surface area contributed by atoms with Crippen LogP contribution in [0.25, 0.3) is 0 Å². The zero-order valence-electron chi connectivity index (χ0n) is 16.0. The molecular weight excluding hydrogens is 338 g/mol. The lowest BCUT2D eigenvalue weighted by molar-refractivity contribution is -0.115. The molecule has 27 heavy (non-hydrogen) atoms. The van der Waals surface area contributed by atoms with Crippen LogP contribution in [0.5, 0.6) is 0 Å². The van der Waals surface area contributed by atoms with Gasteiger partial charge in [0.2, 0.25) is 5.91 Å². The highest BCUT2D eigenvalue weighted by molar-refractivity contribution is 6.00. The first-order valence-electron chi connectivity index (χ1n) is 9.53. The topological polar surface area (TPSA) is 61.4 Å². The van der Waals surface area contributed by atoms with E-state index in [0.717, 1.165) is 35.6 Å². The molecule has 0 unspecified atom stereocenters. The maximum absolute atomic E-state index is 12.4. The van der Waals surface area contributed by atoms with E-state index < -0.39 is 0 Å². The van der Waals surface area contributed by atoms with Crippen LogP contribution in [0, 0.1) is 13.8 Å². The van der Waals surface area contributed by atoms with E-state index in [4.69, 9.17) is 0 Å². The summed E-state index contributed by atoms with van der Waals surface area (Å²) < 4.78 is 0. The second-order valence-electron chi connectivity index (χ2n) is 7.17. The molecule has 5 heteroatoms. The van der Waals surface area contributed by atoms with E-state index in [1.807, 2.05) is 56.3 Å². The van der Waals surface area contributed by atoms with Gasteiger partial charge in [-0.1, -0.05) is 29.3 Å². The zero-order chi connectivity index (χ0) is 19.2. The number of hydrogen-bond donors (Lipinski definition) is 2. The van der Waals surface area contributed by atoms with Gasteiger partial charge < -0.3 is 15.5 Å². The molecule has 2 N–H and O–H groups in total. The summed E-state index contributed by atoms with van der Waals surface area (Å²) in [4.78, 5) is 27.0. The number of rotatable bonds is 5. The summed E-state index contributed by atoms with van der Waals surface area (Å²) in [5.41, 5.74) is 4.48. The summed E-state index contributed by atoms with van der Waals surface area (Å²) in [6.45, 7) is 5.87. The summed E-state index contributed by atoms with van der Waals surface area (Å²) in [5.74, 6) is -0.460. The van der Waals surface area contributed by atoms with Crippen molar-refractivity contribution in [3.63, 3.8) is 0 Å². The number of anilines is 2. The molecule has 1 saturated heterocycles. The summed E-state index contributed by atoms with van der Waals surface area (Å²) in [6.07, 6.45) is 3.61. The van der Waals surface area contributed by atoms with Crippen LogP contribution >= 0.6 is 0 Å². The van der Waals surface area contributed by atoms with E-state index in [0.29, 0.717) is 5.56 Å². The lowest BCUT2D eigenvalue weighted by Crippen LogP contribution is -2.34. The van der Waals surface area contributed by atoms with Crippen LogP contribution in [0.15, 0.2) is 42.5 Å². The number of carbonyl (C=O) groups excluding carboxylic acids is 2. The molecule has 142 valence electrons. The molecule has 1 aliphatic heterocycles. The van der Waals surface area contributed by atoms with Crippen molar-refractivity contribution in [2.24, 2.45) is 0 Å². The molecule has 0 radical (unpaired) electrons. The summed E-state index contributed by atoms with van der Waals surface area (Å²) in [5, 5.41) is 5.65. The van der Waals surface area contributed by atoms with E-state index in [9.17, 15) is 9.59 Å². The van der Waals surface area contributed by atoms with Gasteiger partial charge in [0.25, 0.3) is 5.91 Å². The van der Waals surface area contributed by atoms with Crippen molar-refractivity contribution in [1.29, 1.82) is 0 Å². The molecule has 0 aliphatic carbocycles. The number of nitrogens with zero attached hydrogens (tertiary/aromatic N) is 1. The van der Waals surface area contributed by atoms with Gasteiger partial charge in [0.05, 0.1) is 17.9 Å². The van der Waals surface area contributed by atoms with Crippen molar-refractivity contribution in [3.05, 3.63) is 59.2 Å². The summed E-state index contributed by atoms with van der Waals surface area (Å²) in [6, 6.07) is 13.5. The van der Waals surface area contributed by atoms with Crippen LogP contribution in [-0.2, 0) is 4.79 Å². The number of amides is 2. The van der Waals surface area contributed by atoms with Crippen LogP contribution in [0.1, 0.15) is 40.7 Å². The fraction of sp³-hybridized carbons (Fsp3) is 0.364. The molecule has 0 spiro atoms. The van der Waals surface area contributed by atoms with Crippen LogP contribution in [-0.4, -0.2) is 31.4 Å². The predicted octanol–water partition coefficient (Wildman–Crippen LogP) is 3.66. The van der Waals surface area contributed by atoms with Crippen molar-refractivity contribution in [2.75, 3.05) is 29.9 Å². The SMILES string of the molecule is Cc1cc(C)cc(C(=O)NCC(=O)Nc2ccccc2N2CCCCC2)c1. The van der Waals surface area contributed by atoms with E-state index in [-0.39, 0.29) is 18.4 Å². The van der Waals surface area contributed by atoms with Crippen LogP contribution in [0.3, 0.4) is 0 Å². The number of benzene rings is 2. The zero-order valence-corrected chi connectivity index (χ0v) is 16.0. The number of piperidine rings is 1. The summed E-state index contributed by atoms with van der Waals surface area (Å²) >= 11 is 0. The molecule has 1 fully saturated rings. The Kier molecular flexibility index (Phi) is 6.12. The van der Waals surface area contributed by atoms with E-state index in [1.165, 1.54) is 19.3 Å². The standard InChI is InChI=1S/C22H27N3O2/c1-16-12-17(2)14-18(13-16)22(27)23-15-21(26)24-19-8-4-5-9-20(19)25-10-6-3-7-11-25/h4-5,8-9,12-14H,3,6-7,10-11,15H2,1-2H3,(H,23,27)(H,24,26). The van der Waals surface area contributed by atoms with Gasteiger partial charge in [-0.05, 0) is 57.4 Å². The van der Waals surface area contributed by atoms with Crippen LogP contribution in [0.2, 0.25) is 0 Å². The van der Waals surface area contributed by atoms with Crippen molar-refractivity contribution in [1.82, 2.24) is 5.32 Å². The Morgan fingerprint density at radius 1 is 0.963 bits per heavy atom. The van der Waals surface area contributed by atoms with Gasteiger partial charge in [-0.15, -0.1) is 0 Å². The van der Waals surface area contributed by atoms with Gasteiger partial charge in [0, 0.05) is 18.7 Å². The van der Waals surface area contributed by atoms with Crippen molar-refractivity contribution < 1.29 is 9.59 Å². The first-order chi connectivity index (χ1) is 13.0. The lowest BCUT2D eigenvalue weighted by Gasteiger charge is -2.30. The van der Waals surface area contributed by atoms with Crippen molar-refractivity contribution in [3.8, 4) is 0 Å². The van der Waals surface area contributed by atoms with E-state index in [1.54, 1.807) is 0 Å². The third-order valence-electron chi connectivity index (χ3n) is 4.77. The first-order valence-corrected chi connectivity index (χ1v) is 9.53. The monoisotopic (exact) mass is 365 g/mol.